The molecule has 160 valence electrons. The fraction of sp³-hybridized carbons (Fsp3) is 0.320. The zero-order valence-electron chi connectivity index (χ0n) is 17.9. The van der Waals surface area contributed by atoms with Crippen LogP contribution in [-0.2, 0) is 17.7 Å². The van der Waals surface area contributed by atoms with E-state index in [4.69, 9.17) is 9.47 Å². The maximum atomic E-state index is 5.99. The molecule has 0 spiro atoms. The highest BCUT2D eigenvalue weighted by Crippen LogP contribution is 2.22. The van der Waals surface area contributed by atoms with Crippen LogP contribution in [-0.4, -0.2) is 49.1 Å². The van der Waals surface area contributed by atoms with Crippen LogP contribution in [0.4, 0.5) is 5.69 Å². The van der Waals surface area contributed by atoms with Crippen LogP contribution in [0.5, 0.6) is 5.88 Å². The number of aliphatic imine (C=N–C) groups is 1. The number of pyridine rings is 2. The second-order valence-electron chi connectivity index (χ2n) is 7.57. The highest BCUT2D eigenvalue weighted by atomic mass is 16.5. The molecule has 0 atom stereocenters. The predicted molar refractivity (Wildman–Crippen MR) is 123 cm³/mol. The van der Waals surface area contributed by atoms with Crippen molar-refractivity contribution in [2.24, 2.45) is 4.99 Å². The van der Waals surface area contributed by atoms with Crippen LogP contribution >= 0.6 is 0 Å². The maximum Gasteiger partial charge on any atom is 0.215 e. The average Bonchev–Trinajstić information content (AvgIpc) is 2.80. The van der Waals surface area contributed by atoms with Crippen molar-refractivity contribution >= 4 is 11.9 Å². The quantitative estimate of drug-likeness (QED) is 0.522. The molecule has 4 rings (SSSR count). The van der Waals surface area contributed by atoms with Crippen LogP contribution in [0.2, 0.25) is 0 Å². The van der Waals surface area contributed by atoms with Crippen molar-refractivity contribution in [2.75, 3.05) is 37.8 Å². The first-order valence-corrected chi connectivity index (χ1v) is 10.7. The number of benzene rings is 1. The molecule has 0 unspecified atom stereocenters. The van der Waals surface area contributed by atoms with Gasteiger partial charge >= 0.3 is 0 Å². The summed E-state index contributed by atoms with van der Waals surface area (Å²) in [5.41, 5.74) is 5.32. The van der Waals surface area contributed by atoms with Crippen LogP contribution < -0.4 is 9.64 Å². The average molecular weight is 417 g/mol. The van der Waals surface area contributed by atoms with Gasteiger partial charge in [0.1, 0.15) is 0 Å². The number of rotatable bonds is 8. The molecule has 6 heteroatoms. The molecule has 0 N–H and O–H groups in total. The summed E-state index contributed by atoms with van der Waals surface area (Å²) in [5, 5.41) is 0. The molecule has 2 aromatic heterocycles. The molecule has 1 saturated heterocycles. The van der Waals surface area contributed by atoms with Crippen molar-refractivity contribution in [1.29, 1.82) is 0 Å². The van der Waals surface area contributed by atoms with E-state index in [2.05, 4.69) is 57.1 Å². The molecular formula is C25H28N4O2. The zero-order chi connectivity index (χ0) is 21.3. The van der Waals surface area contributed by atoms with Crippen molar-refractivity contribution in [3.05, 3.63) is 83.3 Å². The first-order valence-electron chi connectivity index (χ1n) is 10.7. The molecule has 3 heterocycles. The van der Waals surface area contributed by atoms with Crippen molar-refractivity contribution in [1.82, 2.24) is 9.97 Å². The number of nitrogens with zero attached hydrogens (tertiary/aromatic N) is 4. The molecule has 31 heavy (non-hydrogen) atoms. The van der Waals surface area contributed by atoms with Crippen LogP contribution in [0.15, 0.2) is 65.8 Å². The Bertz CT molecular complexity index is 1000. The molecule has 1 fully saturated rings. The summed E-state index contributed by atoms with van der Waals surface area (Å²) in [6, 6.07) is 18.4. The minimum Gasteiger partial charge on any atom is -0.477 e. The van der Waals surface area contributed by atoms with E-state index in [-0.39, 0.29) is 0 Å². The summed E-state index contributed by atoms with van der Waals surface area (Å²) in [6.07, 6.45) is 4.37. The SMILES string of the molecule is Cc1cccc(CN=Cc2cc(N3CCOCC3)cc(OCCc3ccccn3)n2)c1. The number of morpholine rings is 1. The van der Waals surface area contributed by atoms with Crippen molar-refractivity contribution in [3.8, 4) is 5.88 Å². The van der Waals surface area contributed by atoms with E-state index in [1.54, 1.807) is 6.20 Å². The number of hydrogen-bond acceptors (Lipinski definition) is 6. The third-order valence-electron chi connectivity index (χ3n) is 5.10. The Morgan fingerprint density at radius 3 is 2.81 bits per heavy atom. The summed E-state index contributed by atoms with van der Waals surface area (Å²) in [4.78, 5) is 15.9. The van der Waals surface area contributed by atoms with Gasteiger partial charge in [-0.25, -0.2) is 4.98 Å². The van der Waals surface area contributed by atoms with Gasteiger partial charge in [0.25, 0.3) is 0 Å². The normalized spacial score (nSPS) is 14.2. The Balaban J connectivity index is 1.47. The van der Waals surface area contributed by atoms with E-state index >= 15 is 0 Å². The summed E-state index contributed by atoms with van der Waals surface area (Å²) in [7, 11) is 0. The van der Waals surface area contributed by atoms with Gasteiger partial charge in [-0.15, -0.1) is 0 Å². The van der Waals surface area contributed by atoms with E-state index < -0.39 is 0 Å². The zero-order valence-corrected chi connectivity index (χ0v) is 17.9. The first kappa shape index (κ1) is 21.0. The largest absolute Gasteiger partial charge is 0.477 e. The summed E-state index contributed by atoms with van der Waals surface area (Å²) >= 11 is 0. The third-order valence-corrected chi connectivity index (χ3v) is 5.10. The monoisotopic (exact) mass is 416 g/mol. The van der Waals surface area contributed by atoms with Crippen LogP contribution in [0.1, 0.15) is 22.5 Å². The third kappa shape index (κ3) is 6.36. The van der Waals surface area contributed by atoms with Gasteiger partial charge in [-0.2, -0.15) is 0 Å². The van der Waals surface area contributed by atoms with Crippen LogP contribution in [0, 0.1) is 6.92 Å². The summed E-state index contributed by atoms with van der Waals surface area (Å²) in [5.74, 6) is 0.608. The Morgan fingerprint density at radius 2 is 2.00 bits per heavy atom. The second-order valence-corrected chi connectivity index (χ2v) is 7.57. The number of hydrogen-bond donors (Lipinski definition) is 0. The number of aromatic nitrogens is 2. The van der Waals surface area contributed by atoms with Gasteiger partial charge in [-0.3, -0.25) is 9.98 Å². The minimum atomic E-state index is 0.524. The van der Waals surface area contributed by atoms with Crippen molar-refractivity contribution in [3.63, 3.8) is 0 Å². The van der Waals surface area contributed by atoms with Gasteiger partial charge in [0.2, 0.25) is 5.88 Å². The molecule has 3 aromatic rings. The van der Waals surface area contributed by atoms with Crippen molar-refractivity contribution < 1.29 is 9.47 Å². The highest BCUT2D eigenvalue weighted by molar-refractivity contribution is 5.79. The van der Waals surface area contributed by atoms with Gasteiger partial charge in [0, 0.05) is 49.4 Å². The Labute approximate surface area is 183 Å². The molecule has 1 aliphatic heterocycles. The lowest BCUT2D eigenvalue weighted by atomic mass is 10.1. The van der Waals surface area contributed by atoms with Gasteiger partial charge in [-0.1, -0.05) is 35.9 Å². The first-order chi connectivity index (χ1) is 15.3. The maximum absolute atomic E-state index is 5.99. The van der Waals surface area contributed by atoms with Crippen LogP contribution in [0.25, 0.3) is 0 Å². The Hall–Kier alpha value is -3.25. The number of aryl methyl sites for hydroxylation is 1. The number of ether oxygens (including phenoxy) is 2. The fourth-order valence-corrected chi connectivity index (χ4v) is 3.52. The lowest BCUT2D eigenvalue weighted by Gasteiger charge is -2.29. The van der Waals surface area contributed by atoms with Crippen molar-refractivity contribution in [2.45, 2.75) is 19.9 Å². The molecule has 1 aromatic carbocycles. The lowest BCUT2D eigenvalue weighted by Crippen LogP contribution is -2.36. The van der Waals surface area contributed by atoms with Gasteiger partial charge < -0.3 is 14.4 Å². The smallest absolute Gasteiger partial charge is 0.215 e. The van der Waals surface area contributed by atoms with Gasteiger partial charge in [-0.05, 0) is 30.7 Å². The van der Waals surface area contributed by atoms with E-state index in [9.17, 15) is 0 Å². The molecular weight excluding hydrogens is 388 g/mol. The van der Waals surface area contributed by atoms with E-state index in [1.165, 1.54) is 11.1 Å². The summed E-state index contributed by atoms with van der Waals surface area (Å²) < 4.78 is 11.5. The van der Waals surface area contributed by atoms with E-state index in [0.29, 0.717) is 19.0 Å². The molecule has 0 bridgehead atoms. The Morgan fingerprint density at radius 1 is 1.10 bits per heavy atom. The summed E-state index contributed by atoms with van der Waals surface area (Å²) in [6.45, 7) is 6.42. The fourth-order valence-electron chi connectivity index (χ4n) is 3.52. The topological polar surface area (TPSA) is 59.8 Å². The van der Waals surface area contributed by atoms with Crippen LogP contribution in [0.3, 0.4) is 0 Å². The van der Waals surface area contributed by atoms with E-state index in [1.807, 2.05) is 30.5 Å². The standard InChI is InChI=1S/C25H28N4O2/c1-20-5-4-6-21(15-20)18-26-19-23-16-24(29-10-13-30-14-11-29)17-25(28-23)31-12-8-22-7-2-3-9-27-22/h2-7,9,15-17,19H,8,10-14,18H2,1H3. The Kier molecular flexibility index (Phi) is 7.24. The van der Waals surface area contributed by atoms with Gasteiger partial charge in [0.05, 0.1) is 32.1 Å². The molecule has 0 radical (unpaired) electrons. The van der Waals surface area contributed by atoms with E-state index in [0.717, 1.165) is 49.8 Å². The molecule has 0 aliphatic carbocycles. The van der Waals surface area contributed by atoms with Gasteiger partial charge in [0.15, 0.2) is 0 Å². The highest BCUT2D eigenvalue weighted by Gasteiger charge is 2.14. The molecule has 0 saturated carbocycles. The minimum absolute atomic E-state index is 0.524. The molecule has 6 nitrogen and oxygen atoms in total. The lowest BCUT2D eigenvalue weighted by molar-refractivity contribution is 0.122. The molecule has 1 aliphatic rings. The second kappa shape index (κ2) is 10.7. The molecule has 0 amide bonds. The predicted octanol–water partition coefficient (Wildman–Crippen LogP) is 3.86. The number of anilines is 1.